The minimum absolute atomic E-state index is 0.111. The van der Waals surface area contributed by atoms with Crippen LogP contribution in [0.1, 0.15) is 29.3 Å². The van der Waals surface area contributed by atoms with Crippen LogP contribution in [-0.2, 0) is 6.42 Å². The molecule has 0 aromatic heterocycles. The Kier molecular flexibility index (Phi) is 4.58. The molecule has 2 aromatic carbocycles. The zero-order valence-corrected chi connectivity index (χ0v) is 11.6. The van der Waals surface area contributed by atoms with Crippen LogP contribution in [0.4, 0.5) is 5.69 Å². The zero-order valence-electron chi connectivity index (χ0n) is 10.8. The van der Waals surface area contributed by atoms with Gasteiger partial charge in [0.05, 0.1) is 0 Å². The Labute approximate surface area is 118 Å². The molecule has 0 saturated heterocycles. The van der Waals surface area contributed by atoms with Crippen molar-refractivity contribution in [3.63, 3.8) is 0 Å². The van der Waals surface area contributed by atoms with Crippen molar-refractivity contribution in [2.24, 2.45) is 0 Å². The molecule has 0 radical (unpaired) electrons. The van der Waals surface area contributed by atoms with Crippen LogP contribution in [0.5, 0.6) is 0 Å². The van der Waals surface area contributed by atoms with Gasteiger partial charge in [-0.2, -0.15) is 0 Å². The normalized spacial score (nSPS) is 10.2. The molecule has 0 aliphatic carbocycles. The molecule has 0 saturated carbocycles. The van der Waals surface area contributed by atoms with Crippen LogP contribution < -0.4 is 5.32 Å². The Hall–Kier alpha value is -1.80. The van der Waals surface area contributed by atoms with Crippen LogP contribution in [0.25, 0.3) is 0 Å². The summed E-state index contributed by atoms with van der Waals surface area (Å²) in [6, 6.07) is 14.8. The number of anilines is 1. The molecule has 0 heterocycles. The molecule has 19 heavy (non-hydrogen) atoms. The van der Waals surface area contributed by atoms with Gasteiger partial charge in [0.2, 0.25) is 0 Å². The molecule has 1 amide bonds. The van der Waals surface area contributed by atoms with Crippen molar-refractivity contribution in [3.05, 3.63) is 64.7 Å². The highest BCUT2D eigenvalue weighted by Gasteiger charge is 2.10. The van der Waals surface area contributed by atoms with Gasteiger partial charge in [-0.25, -0.2) is 0 Å². The molecule has 2 nitrogen and oxygen atoms in total. The van der Waals surface area contributed by atoms with Crippen LogP contribution in [0.2, 0.25) is 5.02 Å². The maximum Gasteiger partial charge on any atom is 0.255 e. The van der Waals surface area contributed by atoms with Gasteiger partial charge < -0.3 is 5.32 Å². The first-order valence-corrected chi connectivity index (χ1v) is 6.74. The average molecular weight is 274 g/mol. The fourth-order valence-electron chi connectivity index (χ4n) is 1.96. The zero-order chi connectivity index (χ0) is 13.7. The first kappa shape index (κ1) is 13.6. The summed E-state index contributed by atoms with van der Waals surface area (Å²) in [5.41, 5.74) is 2.43. The van der Waals surface area contributed by atoms with Crippen LogP contribution in [0, 0.1) is 0 Å². The second-order valence-electron chi connectivity index (χ2n) is 4.34. The highest BCUT2D eigenvalue weighted by molar-refractivity contribution is 6.31. The van der Waals surface area contributed by atoms with E-state index in [-0.39, 0.29) is 5.91 Å². The smallest absolute Gasteiger partial charge is 0.255 e. The van der Waals surface area contributed by atoms with Crippen LogP contribution in [-0.4, -0.2) is 5.91 Å². The Morgan fingerprint density at radius 3 is 2.53 bits per heavy atom. The third kappa shape index (κ3) is 3.36. The van der Waals surface area contributed by atoms with Gasteiger partial charge in [-0.1, -0.05) is 49.2 Å². The number of nitrogens with one attached hydrogen (secondary N) is 1. The molecule has 0 spiro atoms. The van der Waals surface area contributed by atoms with Gasteiger partial charge in [-0.15, -0.1) is 0 Å². The van der Waals surface area contributed by atoms with E-state index >= 15 is 0 Å². The van der Waals surface area contributed by atoms with Gasteiger partial charge in [-0.05, 0) is 36.2 Å². The van der Waals surface area contributed by atoms with Crippen LogP contribution in [0.15, 0.2) is 48.5 Å². The lowest BCUT2D eigenvalue weighted by molar-refractivity contribution is 0.102. The molecule has 2 rings (SSSR count). The van der Waals surface area contributed by atoms with Crippen molar-refractivity contribution in [2.75, 3.05) is 5.32 Å². The van der Waals surface area contributed by atoms with E-state index in [1.165, 1.54) is 0 Å². The van der Waals surface area contributed by atoms with E-state index < -0.39 is 0 Å². The highest BCUT2D eigenvalue weighted by Crippen LogP contribution is 2.26. The van der Waals surface area contributed by atoms with E-state index in [4.69, 9.17) is 11.6 Å². The Morgan fingerprint density at radius 2 is 1.84 bits per heavy atom. The standard InChI is InChI=1S/C16H16ClNO/c1-2-7-13-14(17)10-6-11-15(13)18-16(19)12-8-4-3-5-9-12/h3-6,8-11H,2,7H2,1H3,(H,18,19). The predicted molar refractivity (Wildman–Crippen MR) is 79.8 cm³/mol. The molecule has 0 atom stereocenters. The summed E-state index contributed by atoms with van der Waals surface area (Å²) in [5.74, 6) is -0.111. The lowest BCUT2D eigenvalue weighted by atomic mass is 10.1. The first-order chi connectivity index (χ1) is 9.22. The highest BCUT2D eigenvalue weighted by atomic mass is 35.5. The number of carbonyl (C=O) groups excluding carboxylic acids is 1. The summed E-state index contributed by atoms with van der Waals surface area (Å²) in [6.45, 7) is 2.09. The molecular weight excluding hydrogens is 258 g/mol. The van der Waals surface area contributed by atoms with Crippen molar-refractivity contribution in [3.8, 4) is 0 Å². The van der Waals surface area contributed by atoms with E-state index in [2.05, 4.69) is 12.2 Å². The largest absolute Gasteiger partial charge is 0.322 e. The number of carbonyl (C=O) groups is 1. The van der Waals surface area contributed by atoms with E-state index in [1.807, 2.05) is 36.4 Å². The summed E-state index contributed by atoms with van der Waals surface area (Å²) in [4.78, 5) is 12.1. The molecule has 2 aromatic rings. The lowest BCUT2D eigenvalue weighted by Crippen LogP contribution is -2.13. The maximum absolute atomic E-state index is 12.1. The minimum atomic E-state index is -0.111. The Morgan fingerprint density at radius 1 is 1.11 bits per heavy atom. The summed E-state index contributed by atoms with van der Waals surface area (Å²) >= 11 is 6.19. The summed E-state index contributed by atoms with van der Waals surface area (Å²) in [7, 11) is 0. The second kappa shape index (κ2) is 6.39. The van der Waals surface area contributed by atoms with Gasteiger partial charge in [0.15, 0.2) is 0 Å². The van der Waals surface area contributed by atoms with Gasteiger partial charge in [0.1, 0.15) is 0 Å². The van der Waals surface area contributed by atoms with Gasteiger partial charge in [0.25, 0.3) is 5.91 Å². The number of halogens is 1. The Bertz CT molecular complexity index is 566. The SMILES string of the molecule is CCCc1c(Cl)cccc1NC(=O)c1ccccc1. The third-order valence-electron chi connectivity index (χ3n) is 2.90. The third-order valence-corrected chi connectivity index (χ3v) is 3.26. The number of hydrogen-bond donors (Lipinski definition) is 1. The maximum atomic E-state index is 12.1. The molecule has 0 unspecified atom stereocenters. The topological polar surface area (TPSA) is 29.1 Å². The van der Waals surface area contributed by atoms with Crippen molar-refractivity contribution in [1.29, 1.82) is 0 Å². The molecule has 0 bridgehead atoms. The first-order valence-electron chi connectivity index (χ1n) is 6.36. The molecule has 98 valence electrons. The van der Waals surface area contributed by atoms with Gasteiger partial charge >= 0.3 is 0 Å². The van der Waals surface area contributed by atoms with E-state index in [0.717, 1.165) is 24.1 Å². The molecular formula is C16H16ClNO. The quantitative estimate of drug-likeness (QED) is 0.870. The summed E-state index contributed by atoms with van der Waals surface area (Å²) in [6.07, 6.45) is 1.84. The fourth-order valence-corrected chi connectivity index (χ4v) is 2.23. The monoisotopic (exact) mass is 273 g/mol. The molecule has 0 aliphatic heterocycles. The van der Waals surface area contributed by atoms with Gasteiger partial charge in [0, 0.05) is 16.3 Å². The van der Waals surface area contributed by atoms with Crippen molar-refractivity contribution in [1.82, 2.24) is 0 Å². The summed E-state index contributed by atoms with van der Waals surface area (Å²) < 4.78 is 0. The minimum Gasteiger partial charge on any atom is -0.322 e. The van der Waals surface area contributed by atoms with E-state index in [9.17, 15) is 4.79 Å². The molecule has 3 heteroatoms. The second-order valence-corrected chi connectivity index (χ2v) is 4.74. The number of hydrogen-bond acceptors (Lipinski definition) is 1. The number of rotatable bonds is 4. The fraction of sp³-hybridized carbons (Fsp3) is 0.188. The number of benzene rings is 2. The van der Waals surface area contributed by atoms with Crippen molar-refractivity contribution >= 4 is 23.2 Å². The average Bonchev–Trinajstić information content (AvgIpc) is 2.43. The molecule has 1 N–H and O–H groups in total. The molecule has 0 aliphatic rings. The summed E-state index contributed by atoms with van der Waals surface area (Å²) in [5, 5.41) is 3.63. The lowest BCUT2D eigenvalue weighted by Gasteiger charge is -2.12. The van der Waals surface area contributed by atoms with Crippen molar-refractivity contribution < 1.29 is 4.79 Å². The Balaban J connectivity index is 2.24. The van der Waals surface area contributed by atoms with Crippen LogP contribution >= 0.6 is 11.6 Å². The predicted octanol–water partition coefficient (Wildman–Crippen LogP) is 4.54. The van der Waals surface area contributed by atoms with E-state index in [1.54, 1.807) is 12.1 Å². The van der Waals surface area contributed by atoms with Crippen LogP contribution in [0.3, 0.4) is 0 Å². The van der Waals surface area contributed by atoms with Crippen molar-refractivity contribution in [2.45, 2.75) is 19.8 Å². The van der Waals surface area contributed by atoms with E-state index in [0.29, 0.717) is 10.6 Å². The van der Waals surface area contributed by atoms with Gasteiger partial charge in [-0.3, -0.25) is 4.79 Å². The number of amides is 1. The molecule has 0 fully saturated rings.